The molecule has 1 aliphatic rings. The fourth-order valence-electron chi connectivity index (χ4n) is 2.78. The first kappa shape index (κ1) is 14.3. The molecule has 0 aromatic heterocycles. The van der Waals surface area contributed by atoms with E-state index in [4.69, 9.17) is 15.2 Å². The highest BCUT2D eigenvalue weighted by Gasteiger charge is 2.34. The van der Waals surface area contributed by atoms with Gasteiger partial charge in [-0.3, -0.25) is 4.90 Å². The van der Waals surface area contributed by atoms with E-state index in [1.54, 1.807) is 7.11 Å². The van der Waals surface area contributed by atoms with Crippen LogP contribution in [0.5, 0.6) is 5.75 Å². The predicted molar refractivity (Wildman–Crippen MR) is 76.4 cm³/mol. The number of likely N-dealkylation sites (tertiary alicyclic amines) is 1. The van der Waals surface area contributed by atoms with E-state index >= 15 is 0 Å². The summed E-state index contributed by atoms with van der Waals surface area (Å²) >= 11 is 0. The fraction of sp³-hybridized carbons (Fsp3) is 0.600. The summed E-state index contributed by atoms with van der Waals surface area (Å²) in [7, 11) is 1.74. The summed E-state index contributed by atoms with van der Waals surface area (Å²) in [5.74, 6) is 0.953. The topological polar surface area (TPSA) is 47.7 Å². The summed E-state index contributed by atoms with van der Waals surface area (Å²) in [6.45, 7) is 5.36. The lowest BCUT2D eigenvalue weighted by Crippen LogP contribution is -2.34. The number of nitrogens with two attached hydrogens (primary N) is 1. The Balaban J connectivity index is 2.21. The van der Waals surface area contributed by atoms with Crippen molar-refractivity contribution in [3.05, 3.63) is 29.8 Å². The first-order chi connectivity index (χ1) is 9.27. The average molecular weight is 264 g/mol. The van der Waals surface area contributed by atoms with Crippen LogP contribution in [-0.2, 0) is 4.74 Å². The second kappa shape index (κ2) is 6.89. The molecule has 1 aromatic rings. The monoisotopic (exact) mass is 264 g/mol. The number of hydrogen-bond donors (Lipinski definition) is 1. The van der Waals surface area contributed by atoms with E-state index in [2.05, 4.69) is 17.0 Å². The third-order valence-corrected chi connectivity index (χ3v) is 3.67. The summed E-state index contributed by atoms with van der Waals surface area (Å²) in [4.78, 5) is 2.39. The van der Waals surface area contributed by atoms with Crippen LogP contribution in [0, 0.1) is 0 Å². The van der Waals surface area contributed by atoms with Crippen LogP contribution in [0.4, 0.5) is 0 Å². The maximum Gasteiger partial charge on any atom is 0.124 e. The summed E-state index contributed by atoms with van der Waals surface area (Å²) in [5, 5.41) is 0. The smallest absolute Gasteiger partial charge is 0.124 e. The van der Waals surface area contributed by atoms with Crippen molar-refractivity contribution in [2.45, 2.75) is 25.4 Å². The van der Waals surface area contributed by atoms with Crippen molar-refractivity contribution in [1.29, 1.82) is 0 Å². The third kappa shape index (κ3) is 3.26. The molecule has 0 saturated carbocycles. The van der Waals surface area contributed by atoms with Crippen molar-refractivity contribution in [1.82, 2.24) is 4.90 Å². The molecule has 1 fully saturated rings. The Kier molecular flexibility index (Phi) is 5.19. The number of ether oxygens (including phenoxy) is 2. The van der Waals surface area contributed by atoms with Crippen LogP contribution in [0.1, 0.15) is 24.9 Å². The van der Waals surface area contributed by atoms with Crippen molar-refractivity contribution in [2.75, 3.05) is 33.4 Å². The largest absolute Gasteiger partial charge is 0.494 e. The van der Waals surface area contributed by atoms with Gasteiger partial charge < -0.3 is 15.2 Å². The molecule has 0 aliphatic carbocycles. The van der Waals surface area contributed by atoms with Gasteiger partial charge in [0, 0.05) is 31.8 Å². The van der Waals surface area contributed by atoms with Crippen LogP contribution in [0.15, 0.2) is 24.3 Å². The number of methoxy groups -OCH3 is 1. The summed E-state index contributed by atoms with van der Waals surface area (Å²) in [6, 6.07) is 8.61. The van der Waals surface area contributed by atoms with Crippen LogP contribution in [0.25, 0.3) is 0 Å². The molecule has 2 unspecified atom stereocenters. The molecule has 2 rings (SSSR count). The Bertz CT molecular complexity index is 397. The first-order valence-corrected chi connectivity index (χ1v) is 6.98. The second-order valence-electron chi connectivity index (χ2n) is 4.90. The lowest BCUT2D eigenvalue weighted by Gasteiger charge is -2.28. The van der Waals surface area contributed by atoms with Crippen molar-refractivity contribution in [3.63, 3.8) is 0 Å². The Hall–Kier alpha value is -1.10. The minimum Gasteiger partial charge on any atom is -0.494 e. The SMILES string of the molecule is CCOc1ccccc1C1C(N)CCN1CCOC. The van der Waals surface area contributed by atoms with Gasteiger partial charge >= 0.3 is 0 Å². The fourth-order valence-corrected chi connectivity index (χ4v) is 2.78. The normalized spacial score (nSPS) is 23.7. The molecule has 1 heterocycles. The summed E-state index contributed by atoms with van der Waals surface area (Å²) in [6.07, 6.45) is 1.02. The highest BCUT2D eigenvalue weighted by atomic mass is 16.5. The van der Waals surface area contributed by atoms with Crippen molar-refractivity contribution in [3.8, 4) is 5.75 Å². The van der Waals surface area contributed by atoms with Gasteiger partial charge in [0.25, 0.3) is 0 Å². The van der Waals surface area contributed by atoms with Gasteiger partial charge in [-0.15, -0.1) is 0 Å². The molecule has 0 radical (unpaired) electrons. The van der Waals surface area contributed by atoms with Gasteiger partial charge in [0.2, 0.25) is 0 Å². The molecule has 19 heavy (non-hydrogen) atoms. The minimum atomic E-state index is 0.165. The molecular formula is C15H24N2O2. The van der Waals surface area contributed by atoms with Gasteiger partial charge in [-0.05, 0) is 19.4 Å². The van der Waals surface area contributed by atoms with Crippen LogP contribution >= 0.6 is 0 Å². The Labute approximate surface area is 115 Å². The average Bonchev–Trinajstić information content (AvgIpc) is 2.79. The van der Waals surface area contributed by atoms with Gasteiger partial charge in [0.1, 0.15) is 5.75 Å². The zero-order valence-corrected chi connectivity index (χ0v) is 11.8. The quantitative estimate of drug-likeness (QED) is 0.851. The molecule has 0 amide bonds. The standard InChI is InChI=1S/C15H24N2O2/c1-3-19-14-7-5-4-6-12(14)15-13(16)8-9-17(15)10-11-18-2/h4-7,13,15H,3,8-11,16H2,1-2H3. The zero-order chi connectivity index (χ0) is 13.7. The Morgan fingerprint density at radius 2 is 2.16 bits per heavy atom. The van der Waals surface area contributed by atoms with E-state index in [1.807, 2.05) is 19.1 Å². The maximum atomic E-state index is 6.30. The van der Waals surface area contributed by atoms with Gasteiger partial charge in [-0.2, -0.15) is 0 Å². The van der Waals surface area contributed by atoms with Crippen LogP contribution < -0.4 is 10.5 Å². The maximum absolute atomic E-state index is 6.30. The van der Waals surface area contributed by atoms with E-state index in [9.17, 15) is 0 Å². The molecular weight excluding hydrogens is 240 g/mol. The number of benzene rings is 1. The van der Waals surface area contributed by atoms with Gasteiger partial charge in [-0.25, -0.2) is 0 Å². The Morgan fingerprint density at radius 1 is 1.37 bits per heavy atom. The highest BCUT2D eigenvalue weighted by Crippen LogP contribution is 2.36. The van der Waals surface area contributed by atoms with Gasteiger partial charge in [0.15, 0.2) is 0 Å². The number of para-hydroxylation sites is 1. The molecule has 106 valence electrons. The van der Waals surface area contributed by atoms with Crippen molar-refractivity contribution < 1.29 is 9.47 Å². The summed E-state index contributed by atoms with van der Waals surface area (Å²) in [5.41, 5.74) is 7.50. The predicted octanol–water partition coefficient (Wildman–Crippen LogP) is 1.81. The zero-order valence-electron chi connectivity index (χ0n) is 11.8. The molecule has 2 atom stereocenters. The summed E-state index contributed by atoms with van der Waals surface area (Å²) < 4.78 is 10.9. The van der Waals surface area contributed by atoms with Gasteiger partial charge in [0.05, 0.1) is 19.3 Å². The van der Waals surface area contributed by atoms with Crippen molar-refractivity contribution >= 4 is 0 Å². The molecule has 0 bridgehead atoms. The molecule has 2 N–H and O–H groups in total. The van der Waals surface area contributed by atoms with Crippen LogP contribution in [0.2, 0.25) is 0 Å². The van der Waals surface area contributed by atoms with E-state index in [-0.39, 0.29) is 12.1 Å². The highest BCUT2D eigenvalue weighted by molar-refractivity contribution is 5.37. The van der Waals surface area contributed by atoms with E-state index < -0.39 is 0 Å². The van der Waals surface area contributed by atoms with Gasteiger partial charge in [-0.1, -0.05) is 18.2 Å². The molecule has 0 spiro atoms. The second-order valence-corrected chi connectivity index (χ2v) is 4.90. The van der Waals surface area contributed by atoms with E-state index in [1.165, 1.54) is 5.56 Å². The molecule has 1 aliphatic heterocycles. The lowest BCUT2D eigenvalue weighted by atomic mass is 9.99. The third-order valence-electron chi connectivity index (χ3n) is 3.67. The molecule has 4 nitrogen and oxygen atoms in total. The minimum absolute atomic E-state index is 0.165. The van der Waals surface area contributed by atoms with Crippen LogP contribution in [-0.4, -0.2) is 44.4 Å². The molecule has 1 saturated heterocycles. The number of rotatable bonds is 6. The molecule has 1 aromatic carbocycles. The number of hydrogen-bond acceptors (Lipinski definition) is 4. The lowest BCUT2D eigenvalue weighted by molar-refractivity contribution is 0.137. The van der Waals surface area contributed by atoms with E-state index in [0.29, 0.717) is 6.61 Å². The van der Waals surface area contributed by atoms with Crippen molar-refractivity contribution in [2.24, 2.45) is 5.73 Å². The van der Waals surface area contributed by atoms with Crippen LogP contribution in [0.3, 0.4) is 0 Å². The molecule has 4 heteroatoms. The Morgan fingerprint density at radius 3 is 2.89 bits per heavy atom. The number of nitrogens with zero attached hydrogens (tertiary/aromatic N) is 1. The van der Waals surface area contributed by atoms with E-state index in [0.717, 1.165) is 31.9 Å². The first-order valence-electron chi connectivity index (χ1n) is 6.98.